The molecule has 0 aliphatic carbocycles. The third-order valence-electron chi connectivity index (χ3n) is 6.00. The number of aromatic nitrogens is 1. The molecule has 0 unspecified atom stereocenters. The van der Waals surface area contributed by atoms with Crippen LogP contribution in [0.1, 0.15) is 33.4 Å². The van der Waals surface area contributed by atoms with E-state index in [1.165, 1.54) is 5.56 Å². The smallest absolute Gasteiger partial charge is 0.340 e. The summed E-state index contributed by atoms with van der Waals surface area (Å²) in [6.07, 6.45) is 4.18. The number of aryl methyl sites for hydroxylation is 2. The van der Waals surface area contributed by atoms with Gasteiger partial charge < -0.3 is 9.15 Å². The first kappa shape index (κ1) is 19.5. The summed E-state index contributed by atoms with van der Waals surface area (Å²) >= 11 is 0. The van der Waals surface area contributed by atoms with Crippen molar-refractivity contribution in [1.82, 2.24) is 9.88 Å². The van der Waals surface area contributed by atoms with Gasteiger partial charge in [-0.15, -0.1) is 0 Å². The Bertz CT molecular complexity index is 1300. The molecule has 0 radical (unpaired) electrons. The molecular weight excluding hydrogens is 388 g/mol. The molecule has 2 aromatic heterocycles. The van der Waals surface area contributed by atoms with E-state index in [9.17, 15) is 4.79 Å². The average molecular weight is 412 g/mol. The van der Waals surface area contributed by atoms with Crippen molar-refractivity contribution in [3.63, 3.8) is 0 Å². The number of ether oxygens (including phenoxy) is 1. The van der Waals surface area contributed by atoms with E-state index in [0.29, 0.717) is 24.3 Å². The van der Waals surface area contributed by atoms with Crippen molar-refractivity contribution in [2.24, 2.45) is 0 Å². The Labute approximate surface area is 180 Å². The van der Waals surface area contributed by atoms with Gasteiger partial charge in [-0.1, -0.05) is 30.3 Å². The van der Waals surface area contributed by atoms with E-state index < -0.39 is 0 Å². The van der Waals surface area contributed by atoms with Crippen molar-refractivity contribution in [2.75, 3.05) is 6.73 Å². The summed E-state index contributed by atoms with van der Waals surface area (Å²) < 4.78 is 11.9. The topological polar surface area (TPSA) is 55.6 Å². The van der Waals surface area contributed by atoms with E-state index in [2.05, 4.69) is 16.0 Å². The van der Waals surface area contributed by atoms with Crippen molar-refractivity contribution >= 4 is 11.0 Å². The molecule has 0 N–H and O–H groups in total. The van der Waals surface area contributed by atoms with Gasteiger partial charge in [0.2, 0.25) is 0 Å². The van der Waals surface area contributed by atoms with E-state index in [1.54, 1.807) is 0 Å². The zero-order valence-electron chi connectivity index (χ0n) is 17.7. The molecule has 0 amide bonds. The molecule has 156 valence electrons. The zero-order valence-corrected chi connectivity index (χ0v) is 17.7. The van der Waals surface area contributed by atoms with Gasteiger partial charge in [0, 0.05) is 54.0 Å². The summed E-state index contributed by atoms with van der Waals surface area (Å²) in [6.45, 7) is 6.06. The second-order valence-corrected chi connectivity index (χ2v) is 8.14. The van der Waals surface area contributed by atoms with E-state index in [0.717, 1.165) is 46.5 Å². The summed E-state index contributed by atoms with van der Waals surface area (Å²) in [5.41, 5.74) is 6.35. The maximum absolute atomic E-state index is 12.8. The molecule has 31 heavy (non-hydrogen) atoms. The van der Waals surface area contributed by atoms with Crippen molar-refractivity contribution < 1.29 is 9.15 Å². The minimum atomic E-state index is -0.271. The molecule has 0 fully saturated rings. The molecule has 5 heteroatoms. The Balaban J connectivity index is 1.53. The molecule has 0 saturated heterocycles. The summed E-state index contributed by atoms with van der Waals surface area (Å²) in [6, 6.07) is 16.2. The fourth-order valence-electron chi connectivity index (χ4n) is 4.34. The first-order chi connectivity index (χ1) is 15.1. The van der Waals surface area contributed by atoms with Gasteiger partial charge >= 0.3 is 5.63 Å². The lowest BCUT2D eigenvalue weighted by molar-refractivity contribution is 0.0881. The number of pyridine rings is 1. The fourth-order valence-corrected chi connectivity index (χ4v) is 4.34. The monoisotopic (exact) mass is 412 g/mol. The third kappa shape index (κ3) is 3.73. The second-order valence-electron chi connectivity index (χ2n) is 8.14. The molecule has 1 aliphatic heterocycles. The van der Waals surface area contributed by atoms with Gasteiger partial charge in [0.05, 0.1) is 0 Å². The minimum absolute atomic E-state index is 0.271. The molecule has 0 saturated carbocycles. The summed E-state index contributed by atoms with van der Waals surface area (Å²) in [5, 5.41) is 0.983. The van der Waals surface area contributed by atoms with Gasteiger partial charge in [0.25, 0.3) is 0 Å². The molecule has 5 rings (SSSR count). The Morgan fingerprint density at radius 2 is 1.77 bits per heavy atom. The second kappa shape index (κ2) is 8.00. The normalized spacial score (nSPS) is 13.7. The van der Waals surface area contributed by atoms with Gasteiger partial charge in [0.1, 0.15) is 18.1 Å². The number of rotatable bonds is 4. The molecule has 0 spiro atoms. The highest BCUT2D eigenvalue weighted by Crippen LogP contribution is 2.36. The Hall–Kier alpha value is -3.44. The first-order valence-corrected chi connectivity index (χ1v) is 10.5. The number of fused-ring (bicyclic) bond motifs is 2. The van der Waals surface area contributed by atoms with Gasteiger partial charge in [-0.25, -0.2) is 4.79 Å². The van der Waals surface area contributed by atoms with Crippen LogP contribution in [0.25, 0.3) is 11.0 Å². The van der Waals surface area contributed by atoms with Crippen LogP contribution in [0, 0.1) is 13.8 Å². The zero-order chi connectivity index (χ0) is 21.4. The Morgan fingerprint density at radius 3 is 2.55 bits per heavy atom. The van der Waals surface area contributed by atoms with Crippen molar-refractivity contribution in [3.8, 4) is 5.75 Å². The van der Waals surface area contributed by atoms with Crippen molar-refractivity contribution in [1.29, 1.82) is 0 Å². The maximum Gasteiger partial charge on any atom is 0.340 e. The highest BCUT2D eigenvalue weighted by Gasteiger charge is 2.24. The maximum atomic E-state index is 12.8. The molecule has 3 heterocycles. The van der Waals surface area contributed by atoms with Crippen LogP contribution in [0.2, 0.25) is 0 Å². The highest BCUT2D eigenvalue weighted by molar-refractivity contribution is 5.87. The van der Waals surface area contributed by atoms with Crippen LogP contribution < -0.4 is 10.4 Å². The molecule has 4 aromatic rings. The standard InChI is InChI=1S/C26H24N2O3/c1-17-22-13-21-15-28(14-20-8-10-27-11-9-20)16-30-24(21)18(2)25(22)31-26(29)23(17)12-19-6-4-3-5-7-19/h3-11,13H,12,14-16H2,1-2H3. The van der Waals surface area contributed by atoms with Crippen LogP contribution in [-0.2, 0) is 19.5 Å². The lowest BCUT2D eigenvalue weighted by Crippen LogP contribution is -2.32. The first-order valence-electron chi connectivity index (χ1n) is 10.5. The van der Waals surface area contributed by atoms with Crippen LogP contribution in [0.15, 0.2) is 70.1 Å². The molecular formula is C26H24N2O3. The van der Waals surface area contributed by atoms with E-state index in [-0.39, 0.29) is 5.63 Å². The number of benzene rings is 2. The molecule has 0 atom stereocenters. The average Bonchev–Trinajstić information content (AvgIpc) is 2.79. The van der Waals surface area contributed by atoms with E-state index >= 15 is 0 Å². The van der Waals surface area contributed by atoms with Crippen LogP contribution in [-0.4, -0.2) is 16.6 Å². The van der Waals surface area contributed by atoms with Crippen LogP contribution in [0.3, 0.4) is 0 Å². The molecule has 1 aliphatic rings. The van der Waals surface area contributed by atoms with Crippen molar-refractivity contribution in [3.05, 3.63) is 105 Å². The summed E-state index contributed by atoms with van der Waals surface area (Å²) in [5.74, 6) is 0.830. The fraction of sp³-hybridized carbons (Fsp3) is 0.231. The van der Waals surface area contributed by atoms with Gasteiger partial charge in [0.15, 0.2) is 0 Å². The molecule has 0 bridgehead atoms. The van der Waals surface area contributed by atoms with E-state index in [4.69, 9.17) is 9.15 Å². The predicted molar refractivity (Wildman–Crippen MR) is 120 cm³/mol. The SMILES string of the molecule is Cc1c(Cc2ccccc2)c(=O)oc2c(C)c3c(cc12)CN(Cc1ccncc1)CO3. The van der Waals surface area contributed by atoms with E-state index in [1.807, 2.05) is 68.7 Å². The minimum Gasteiger partial charge on any atom is -0.477 e. The summed E-state index contributed by atoms with van der Waals surface area (Å²) in [4.78, 5) is 19.2. The van der Waals surface area contributed by atoms with Gasteiger partial charge in [-0.2, -0.15) is 0 Å². The molecule has 2 aromatic carbocycles. The quantitative estimate of drug-likeness (QED) is 0.453. The largest absolute Gasteiger partial charge is 0.477 e. The number of hydrogen-bond donors (Lipinski definition) is 0. The third-order valence-corrected chi connectivity index (χ3v) is 6.00. The summed E-state index contributed by atoms with van der Waals surface area (Å²) in [7, 11) is 0. The lowest BCUT2D eigenvalue weighted by Gasteiger charge is -2.30. The number of nitrogens with zero attached hydrogens (tertiary/aromatic N) is 2. The molecule has 5 nitrogen and oxygen atoms in total. The predicted octanol–water partition coefficient (Wildman–Crippen LogP) is 4.75. The Kier molecular flexibility index (Phi) is 5.04. The van der Waals surface area contributed by atoms with Crippen LogP contribution in [0.4, 0.5) is 0 Å². The number of hydrogen-bond acceptors (Lipinski definition) is 5. The van der Waals surface area contributed by atoms with Crippen molar-refractivity contribution in [2.45, 2.75) is 33.4 Å². The Morgan fingerprint density at radius 1 is 1.00 bits per heavy atom. The van der Waals surface area contributed by atoms with Crippen LogP contribution >= 0.6 is 0 Å². The highest BCUT2D eigenvalue weighted by atomic mass is 16.5. The van der Waals surface area contributed by atoms with Gasteiger partial charge in [-0.3, -0.25) is 9.88 Å². The van der Waals surface area contributed by atoms with Crippen LogP contribution in [0.5, 0.6) is 5.75 Å². The van der Waals surface area contributed by atoms with Gasteiger partial charge in [-0.05, 0) is 48.7 Å². The lowest BCUT2D eigenvalue weighted by atomic mass is 9.96.